The average molecular weight is 460 g/mol. The number of rotatable bonds is 5. The Hall–Kier alpha value is -2.75. The van der Waals surface area contributed by atoms with Crippen molar-refractivity contribution in [2.75, 3.05) is 12.4 Å². The zero-order valence-corrected chi connectivity index (χ0v) is 19.1. The molecule has 0 aliphatic heterocycles. The molecule has 0 spiro atoms. The number of benzene rings is 1. The number of carbonyl (C=O) groups is 2. The summed E-state index contributed by atoms with van der Waals surface area (Å²) in [5.74, 6) is -0.742. The molecule has 0 aliphatic rings. The lowest BCUT2D eigenvalue weighted by Crippen LogP contribution is -2.43. The highest BCUT2D eigenvalue weighted by molar-refractivity contribution is 7.80. The number of anilines is 1. The van der Waals surface area contributed by atoms with Crippen molar-refractivity contribution in [1.29, 1.82) is 0 Å². The van der Waals surface area contributed by atoms with Gasteiger partial charge in [0.2, 0.25) is 0 Å². The molecule has 6 nitrogen and oxygen atoms in total. The summed E-state index contributed by atoms with van der Waals surface area (Å²) >= 11 is 8.24. The van der Waals surface area contributed by atoms with Crippen molar-refractivity contribution in [3.63, 3.8) is 0 Å². The van der Waals surface area contributed by atoms with E-state index in [2.05, 4.69) is 16.2 Å². The van der Waals surface area contributed by atoms with E-state index in [-0.39, 0.29) is 11.0 Å². The molecule has 3 N–H and O–H groups in total. The summed E-state index contributed by atoms with van der Waals surface area (Å²) in [4.78, 5) is 26.9. The van der Waals surface area contributed by atoms with Crippen molar-refractivity contribution in [2.45, 2.75) is 20.3 Å². The van der Waals surface area contributed by atoms with Crippen LogP contribution in [0.1, 0.15) is 37.4 Å². The maximum Gasteiger partial charge on any atom is 0.341 e. The zero-order chi connectivity index (χ0) is 21.7. The number of methoxy groups -OCH3 is 1. The van der Waals surface area contributed by atoms with E-state index < -0.39 is 5.97 Å². The van der Waals surface area contributed by atoms with E-state index >= 15 is 0 Å². The molecule has 0 unspecified atom stereocenters. The van der Waals surface area contributed by atoms with Crippen LogP contribution in [-0.2, 0) is 11.2 Å². The average Bonchev–Trinajstić information content (AvgIpc) is 3.36. The topological polar surface area (TPSA) is 79.5 Å². The Morgan fingerprint density at radius 1 is 1.17 bits per heavy atom. The number of hydrogen-bond donors (Lipinski definition) is 3. The number of carbonyl (C=O) groups excluding carboxylic acids is 2. The maximum atomic E-state index is 12.5. The predicted molar refractivity (Wildman–Crippen MR) is 126 cm³/mol. The molecule has 2 aromatic heterocycles. The summed E-state index contributed by atoms with van der Waals surface area (Å²) in [7, 11) is 1.34. The van der Waals surface area contributed by atoms with E-state index in [9.17, 15) is 9.59 Å². The third-order valence-electron chi connectivity index (χ3n) is 4.32. The van der Waals surface area contributed by atoms with Gasteiger partial charge in [0.25, 0.3) is 5.91 Å². The predicted octanol–water partition coefficient (Wildman–Crippen LogP) is 4.77. The largest absolute Gasteiger partial charge is 0.465 e. The molecule has 0 atom stereocenters. The minimum Gasteiger partial charge on any atom is -0.465 e. The summed E-state index contributed by atoms with van der Waals surface area (Å²) in [5.41, 5.74) is 7.95. The van der Waals surface area contributed by atoms with Crippen LogP contribution in [0.5, 0.6) is 0 Å². The highest BCUT2D eigenvalue weighted by atomic mass is 32.1. The minimum atomic E-state index is -0.460. The van der Waals surface area contributed by atoms with E-state index in [1.807, 2.05) is 50.2 Å². The van der Waals surface area contributed by atoms with Gasteiger partial charge in [0.15, 0.2) is 5.11 Å². The zero-order valence-electron chi connectivity index (χ0n) is 16.7. The van der Waals surface area contributed by atoms with Gasteiger partial charge in [-0.1, -0.05) is 37.3 Å². The van der Waals surface area contributed by atoms with Gasteiger partial charge in [0.1, 0.15) is 10.6 Å². The lowest BCUT2D eigenvalue weighted by atomic mass is 10.0. The highest BCUT2D eigenvalue weighted by Crippen LogP contribution is 2.40. The molecule has 3 rings (SSSR count). The van der Waals surface area contributed by atoms with Crippen LogP contribution in [-0.4, -0.2) is 24.1 Å². The van der Waals surface area contributed by atoms with E-state index in [0.29, 0.717) is 16.1 Å². The molecule has 2 heterocycles. The van der Waals surface area contributed by atoms with Crippen molar-refractivity contribution in [1.82, 2.24) is 10.9 Å². The van der Waals surface area contributed by atoms with Crippen molar-refractivity contribution < 1.29 is 14.3 Å². The first-order valence-corrected chi connectivity index (χ1v) is 11.3. The van der Waals surface area contributed by atoms with Gasteiger partial charge in [0.05, 0.1) is 12.7 Å². The van der Waals surface area contributed by atoms with Gasteiger partial charge >= 0.3 is 5.97 Å². The number of esters is 1. The normalized spacial score (nSPS) is 10.4. The molecule has 30 heavy (non-hydrogen) atoms. The van der Waals surface area contributed by atoms with Gasteiger partial charge in [-0.05, 0) is 37.2 Å². The standard InChI is InChI=1S/C21H21N3O3S3/c1-4-15-10-14(11-29-15)18(25)23-24-21(28)22-19-17(20(26)27-3)16(12(2)30-19)13-8-6-5-7-9-13/h5-11H,4H2,1-3H3,(H,23,25)(H2,22,24,28). The third-order valence-corrected chi connectivity index (χ3v) is 6.62. The fraction of sp³-hybridized carbons (Fsp3) is 0.190. The fourth-order valence-corrected chi connectivity index (χ4v) is 4.99. The molecule has 156 valence electrons. The molecule has 3 aromatic rings. The third kappa shape index (κ3) is 4.86. The van der Waals surface area contributed by atoms with E-state index in [0.717, 1.165) is 27.3 Å². The van der Waals surface area contributed by atoms with Crippen LogP contribution in [0, 0.1) is 6.92 Å². The molecule has 0 bridgehead atoms. The number of hydrogen-bond acceptors (Lipinski definition) is 6. The van der Waals surface area contributed by atoms with Crippen molar-refractivity contribution >= 4 is 56.9 Å². The van der Waals surface area contributed by atoms with E-state index in [1.54, 1.807) is 5.38 Å². The van der Waals surface area contributed by atoms with Gasteiger partial charge < -0.3 is 10.1 Å². The first-order valence-electron chi connectivity index (χ1n) is 9.16. The highest BCUT2D eigenvalue weighted by Gasteiger charge is 2.24. The first kappa shape index (κ1) is 21.9. The summed E-state index contributed by atoms with van der Waals surface area (Å²) in [6, 6.07) is 11.5. The molecule has 1 amide bonds. The van der Waals surface area contributed by atoms with Gasteiger partial charge in [-0.25, -0.2) is 4.79 Å². The van der Waals surface area contributed by atoms with Crippen LogP contribution in [0.2, 0.25) is 0 Å². The second-order valence-corrected chi connectivity index (χ2v) is 8.91. The first-order chi connectivity index (χ1) is 14.4. The van der Waals surface area contributed by atoms with Crippen LogP contribution >= 0.6 is 34.9 Å². The van der Waals surface area contributed by atoms with Crippen LogP contribution in [0.4, 0.5) is 5.00 Å². The van der Waals surface area contributed by atoms with Crippen molar-refractivity contribution in [3.05, 3.63) is 62.7 Å². The van der Waals surface area contributed by atoms with Crippen molar-refractivity contribution in [2.24, 2.45) is 0 Å². The van der Waals surface area contributed by atoms with Crippen molar-refractivity contribution in [3.8, 4) is 11.1 Å². The number of ether oxygens (including phenoxy) is 1. The molecule has 9 heteroatoms. The summed E-state index contributed by atoms with van der Waals surface area (Å²) in [5, 5.41) is 5.52. The van der Waals surface area contributed by atoms with E-state index in [4.69, 9.17) is 17.0 Å². The van der Waals surface area contributed by atoms with Gasteiger partial charge in [-0.15, -0.1) is 22.7 Å². The Kier molecular flexibility index (Phi) is 7.20. The Labute approximate surface area is 188 Å². The van der Waals surface area contributed by atoms with Gasteiger partial charge in [-0.3, -0.25) is 15.6 Å². The number of hydrazine groups is 1. The Bertz CT molecular complexity index is 1070. The second-order valence-electron chi connectivity index (χ2n) is 6.28. The molecule has 0 aliphatic carbocycles. The van der Waals surface area contributed by atoms with Crippen LogP contribution in [0.3, 0.4) is 0 Å². The SMILES string of the molecule is CCc1cc(C(=O)NNC(=S)Nc2sc(C)c(-c3ccccc3)c2C(=O)OC)cs1. The Morgan fingerprint density at radius 3 is 2.53 bits per heavy atom. The number of nitrogens with one attached hydrogen (secondary N) is 3. The van der Waals surface area contributed by atoms with Gasteiger partial charge in [-0.2, -0.15) is 0 Å². The quantitative estimate of drug-likeness (QED) is 0.290. The minimum absolute atomic E-state index is 0.167. The molecule has 0 radical (unpaired) electrons. The smallest absolute Gasteiger partial charge is 0.341 e. The molecule has 0 saturated carbocycles. The molecule has 0 saturated heterocycles. The lowest BCUT2D eigenvalue weighted by Gasteiger charge is -2.12. The fourth-order valence-electron chi connectivity index (χ4n) is 2.89. The molecule has 0 fully saturated rings. The van der Waals surface area contributed by atoms with Crippen LogP contribution in [0.15, 0.2) is 41.8 Å². The number of aryl methyl sites for hydroxylation is 2. The number of amides is 1. The maximum absolute atomic E-state index is 12.5. The lowest BCUT2D eigenvalue weighted by molar-refractivity contribution is 0.0603. The second kappa shape index (κ2) is 9.84. The summed E-state index contributed by atoms with van der Waals surface area (Å²) < 4.78 is 5.00. The monoisotopic (exact) mass is 459 g/mol. The molecular formula is C21H21N3O3S3. The molecular weight excluding hydrogens is 438 g/mol. The van der Waals surface area contributed by atoms with E-state index in [1.165, 1.54) is 29.8 Å². The Balaban J connectivity index is 1.76. The number of thiophene rings is 2. The summed E-state index contributed by atoms with van der Waals surface area (Å²) in [6.07, 6.45) is 0.878. The van der Waals surface area contributed by atoms with Gasteiger partial charge in [0, 0.05) is 20.7 Å². The molecule has 1 aromatic carbocycles. The number of thiocarbonyl (C=S) groups is 1. The van der Waals surface area contributed by atoms with Crippen LogP contribution < -0.4 is 16.2 Å². The Morgan fingerprint density at radius 2 is 1.90 bits per heavy atom. The van der Waals surface area contributed by atoms with Crippen LogP contribution in [0.25, 0.3) is 11.1 Å². The summed E-state index contributed by atoms with van der Waals surface area (Å²) in [6.45, 7) is 3.97.